The van der Waals surface area contributed by atoms with Gasteiger partial charge in [-0.3, -0.25) is 0 Å². The summed E-state index contributed by atoms with van der Waals surface area (Å²) in [6.45, 7) is 5.26. The van der Waals surface area contributed by atoms with E-state index < -0.39 is 0 Å². The maximum absolute atomic E-state index is 6.24. The third-order valence-electron chi connectivity index (χ3n) is 4.77. The Hall–Kier alpha value is -1.89. The highest BCUT2D eigenvalue weighted by atomic mass is 35.5. The predicted octanol–water partition coefficient (Wildman–Crippen LogP) is 3.82. The highest BCUT2D eigenvalue weighted by molar-refractivity contribution is 6.28. The minimum absolute atomic E-state index is 0. The Bertz CT molecular complexity index is 908. The number of hydrogen-bond acceptors (Lipinski definition) is 5. The van der Waals surface area contributed by atoms with Gasteiger partial charge in [0.15, 0.2) is 5.65 Å². The zero-order valence-electron chi connectivity index (χ0n) is 15.2. The second kappa shape index (κ2) is 8.87. The molecule has 1 aromatic carbocycles. The number of nitrogens with one attached hydrogen (secondary N) is 1. The molecule has 0 aliphatic carbocycles. The zero-order chi connectivity index (χ0) is 17.9. The first-order valence-corrected chi connectivity index (χ1v) is 9.44. The van der Waals surface area contributed by atoms with Crippen LogP contribution in [0.15, 0.2) is 30.5 Å². The quantitative estimate of drug-likeness (QED) is 0.651. The Morgan fingerprint density at radius 1 is 1.26 bits per heavy atom. The van der Waals surface area contributed by atoms with Gasteiger partial charge >= 0.3 is 0 Å². The number of aromatic nitrogens is 4. The largest absolute Gasteiger partial charge is 0.494 e. The van der Waals surface area contributed by atoms with Gasteiger partial charge in [-0.15, -0.1) is 12.4 Å². The van der Waals surface area contributed by atoms with Crippen LogP contribution in [0.1, 0.15) is 36.9 Å². The van der Waals surface area contributed by atoms with E-state index in [0.717, 1.165) is 54.0 Å². The van der Waals surface area contributed by atoms with Crippen molar-refractivity contribution < 1.29 is 4.74 Å². The molecular formula is C19H23Cl2N5O. The number of benzene rings is 1. The van der Waals surface area contributed by atoms with Crippen molar-refractivity contribution in [2.75, 3.05) is 19.7 Å². The summed E-state index contributed by atoms with van der Waals surface area (Å²) in [6.07, 6.45) is 3.99. The standard InChI is InChI=1S/C19H22ClN5O.ClH/c1-2-26-15-5-3-4-13(10-15)12-25-18-16(11-22-25)17(23-19(20)24-18)14-6-8-21-9-7-14;/h3-5,10-11,14,21H,2,6-9,12H2,1H3;1H. The van der Waals surface area contributed by atoms with Gasteiger partial charge in [-0.25, -0.2) is 9.67 Å². The SMILES string of the molecule is CCOc1cccc(Cn2ncc3c(C4CCNCC4)nc(Cl)nc32)c1.Cl. The molecule has 1 aliphatic rings. The van der Waals surface area contributed by atoms with Crippen molar-refractivity contribution in [2.45, 2.75) is 32.2 Å². The van der Waals surface area contributed by atoms with E-state index in [4.69, 9.17) is 16.3 Å². The van der Waals surface area contributed by atoms with Gasteiger partial charge < -0.3 is 10.1 Å². The maximum Gasteiger partial charge on any atom is 0.224 e. The van der Waals surface area contributed by atoms with E-state index in [1.807, 2.05) is 36.0 Å². The summed E-state index contributed by atoms with van der Waals surface area (Å²) >= 11 is 6.24. The third kappa shape index (κ3) is 4.34. The molecule has 0 bridgehead atoms. The number of hydrogen-bond donors (Lipinski definition) is 1. The summed E-state index contributed by atoms with van der Waals surface area (Å²) in [6, 6.07) is 8.05. The lowest BCUT2D eigenvalue weighted by Gasteiger charge is -2.22. The first kappa shape index (κ1) is 19.9. The Balaban J connectivity index is 0.00000210. The molecule has 0 saturated carbocycles. The fourth-order valence-electron chi connectivity index (χ4n) is 3.55. The van der Waals surface area contributed by atoms with Crippen molar-refractivity contribution in [1.82, 2.24) is 25.1 Å². The van der Waals surface area contributed by atoms with E-state index in [-0.39, 0.29) is 17.7 Å². The van der Waals surface area contributed by atoms with E-state index in [0.29, 0.717) is 19.1 Å². The molecule has 2 aromatic heterocycles. The predicted molar refractivity (Wildman–Crippen MR) is 109 cm³/mol. The second-order valence-electron chi connectivity index (χ2n) is 6.52. The van der Waals surface area contributed by atoms with Crippen molar-refractivity contribution in [1.29, 1.82) is 0 Å². The van der Waals surface area contributed by atoms with Gasteiger partial charge in [-0.05, 0) is 62.2 Å². The molecule has 0 amide bonds. The number of rotatable bonds is 5. The van der Waals surface area contributed by atoms with Crippen LogP contribution in [-0.2, 0) is 6.54 Å². The number of halogens is 2. The average molecular weight is 408 g/mol. The molecule has 8 heteroatoms. The average Bonchev–Trinajstić information content (AvgIpc) is 3.05. The van der Waals surface area contributed by atoms with Gasteiger partial charge in [-0.2, -0.15) is 10.1 Å². The molecule has 1 N–H and O–H groups in total. The van der Waals surface area contributed by atoms with Crippen LogP contribution in [0, 0.1) is 0 Å². The molecule has 3 aromatic rings. The van der Waals surface area contributed by atoms with E-state index in [9.17, 15) is 0 Å². The van der Waals surface area contributed by atoms with Gasteiger partial charge in [0.1, 0.15) is 5.75 Å². The first-order valence-electron chi connectivity index (χ1n) is 9.06. The molecule has 0 radical (unpaired) electrons. The minimum Gasteiger partial charge on any atom is -0.494 e. The molecule has 6 nitrogen and oxygen atoms in total. The van der Waals surface area contributed by atoms with Gasteiger partial charge in [0.2, 0.25) is 5.28 Å². The zero-order valence-corrected chi connectivity index (χ0v) is 16.8. The van der Waals surface area contributed by atoms with Gasteiger partial charge in [0.25, 0.3) is 0 Å². The van der Waals surface area contributed by atoms with Crippen molar-refractivity contribution in [3.8, 4) is 5.75 Å². The van der Waals surface area contributed by atoms with Gasteiger partial charge in [-0.1, -0.05) is 12.1 Å². The van der Waals surface area contributed by atoms with Crippen LogP contribution in [0.4, 0.5) is 0 Å². The van der Waals surface area contributed by atoms with Crippen molar-refractivity contribution >= 4 is 35.0 Å². The van der Waals surface area contributed by atoms with Crippen LogP contribution in [-0.4, -0.2) is 39.4 Å². The molecule has 0 spiro atoms. The van der Waals surface area contributed by atoms with E-state index in [1.54, 1.807) is 0 Å². The van der Waals surface area contributed by atoms with Crippen LogP contribution in [0.5, 0.6) is 5.75 Å². The fourth-order valence-corrected chi connectivity index (χ4v) is 3.72. The molecule has 1 fully saturated rings. The minimum atomic E-state index is 0. The van der Waals surface area contributed by atoms with Crippen molar-refractivity contribution in [2.24, 2.45) is 0 Å². The third-order valence-corrected chi connectivity index (χ3v) is 4.94. The summed E-state index contributed by atoms with van der Waals surface area (Å²) in [4.78, 5) is 8.99. The Labute approximate surface area is 169 Å². The van der Waals surface area contributed by atoms with Crippen LogP contribution < -0.4 is 10.1 Å². The van der Waals surface area contributed by atoms with E-state index in [2.05, 4.69) is 26.4 Å². The normalized spacial score (nSPS) is 14.9. The van der Waals surface area contributed by atoms with Crippen LogP contribution in [0.2, 0.25) is 5.28 Å². The Morgan fingerprint density at radius 2 is 2.07 bits per heavy atom. The molecule has 27 heavy (non-hydrogen) atoms. The second-order valence-corrected chi connectivity index (χ2v) is 6.86. The van der Waals surface area contributed by atoms with Crippen LogP contribution in [0.3, 0.4) is 0 Å². The lowest BCUT2D eigenvalue weighted by Crippen LogP contribution is -2.27. The summed E-state index contributed by atoms with van der Waals surface area (Å²) in [7, 11) is 0. The molecule has 144 valence electrons. The molecule has 1 aliphatic heterocycles. The Kier molecular flexibility index (Phi) is 6.52. The molecular weight excluding hydrogens is 385 g/mol. The molecule has 3 heterocycles. The first-order chi connectivity index (χ1) is 12.7. The van der Waals surface area contributed by atoms with E-state index >= 15 is 0 Å². The number of ether oxygens (including phenoxy) is 1. The fraction of sp³-hybridized carbons (Fsp3) is 0.421. The monoisotopic (exact) mass is 407 g/mol. The molecule has 1 saturated heterocycles. The number of nitrogens with zero attached hydrogens (tertiary/aromatic N) is 4. The summed E-state index contributed by atoms with van der Waals surface area (Å²) in [5, 5.41) is 9.24. The smallest absolute Gasteiger partial charge is 0.224 e. The van der Waals surface area contributed by atoms with Gasteiger partial charge in [0, 0.05) is 5.92 Å². The number of fused-ring (bicyclic) bond motifs is 1. The molecule has 0 atom stereocenters. The highest BCUT2D eigenvalue weighted by Crippen LogP contribution is 2.30. The number of piperidine rings is 1. The lowest BCUT2D eigenvalue weighted by atomic mass is 9.93. The molecule has 4 rings (SSSR count). The van der Waals surface area contributed by atoms with Crippen molar-refractivity contribution in [3.05, 3.63) is 47.0 Å². The summed E-state index contributed by atoms with van der Waals surface area (Å²) in [5.41, 5.74) is 2.93. The van der Waals surface area contributed by atoms with Crippen molar-refractivity contribution in [3.63, 3.8) is 0 Å². The van der Waals surface area contributed by atoms with Crippen LogP contribution in [0.25, 0.3) is 11.0 Å². The van der Waals surface area contributed by atoms with Crippen LogP contribution >= 0.6 is 24.0 Å². The van der Waals surface area contributed by atoms with E-state index in [1.165, 1.54) is 0 Å². The van der Waals surface area contributed by atoms with Gasteiger partial charge in [0.05, 0.1) is 30.4 Å². The molecule has 0 unspecified atom stereocenters. The lowest BCUT2D eigenvalue weighted by molar-refractivity contribution is 0.340. The summed E-state index contributed by atoms with van der Waals surface area (Å²) < 4.78 is 7.48. The topological polar surface area (TPSA) is 64.9 Å². The maximum atomic E-state index is 6.24. The highest BCUT2D eigenvalue weighted by Gasteiger charge is 2.22. The summed E-state index contributed by atoms with van der Waals surface area (Å²) in [5.74, 6) is 1.27. The Morgan fingerprint density at radius 3 is 2.85 bits per heavy atom.